The van der Waals surface area contributed by atoms with Crippen molar-refractivity contribution in [3.05, 3.63) is 156 Å². The molecule has 0 radical (unpaired) electrons. The van der Waals surface area contributed by atoms with E-state index in [9.17, 15) is 0 Å². The van der Waals surface area contributed by atoms with Gasteiger partial charge in [0, 0.05) is 42.6 Å². The predicted octanol–water partition coefficient (Wildman–Crippen LogP) is 13.4. The number of hydrogen-bond acceptors (Lipinski definition) is 2. The minimum atomic E-state index is 0.00982. The van der Waals surface area contributed by atoms with Crippen LogP contribution in [0.1, 0.15) is 37.8 Å². The van der Waals surface area contributed by atoms with Gasteiger partial charge in [0.2, 0.25) is 0 Å². The van der Waals surface area contributed by atoms with Crippen LogP contribution in [0.5, 0.6) is 0 Å². The molecule has 2 aliphatic rings. The lowest BCUT2D eigenvalue weighted by Crippen LogP contribution is -2.18. The molecule has 1 aromatic heterocycles. The highest BCUT2D eigenvalue weighted by Crippen LogP contribution is 2.52. The topological polar surface area (TPSA) is 3.24 Å². The molecule has 0 unspecified atom stereocenters. The standard InChI is InChI=1S/C45H33NS/c1-45(2)40-13-7-5-11-36(40)37-23-20-32(26-41(37)45)46(33-21-24-39-38-12-6-8-14-42(38)47-43(39)27-33)31-19-22-35-30(25-31)18-17-29-16-15-28-9-3-4-10-34(28)44(29)35/h3-6,8-12,14-27H,7,13H2,1-2H3. The monoisotopic (exact) mass is 619 g/mol. The average Bonchev–Trinajstić information content (AvgIpc) is 3.59. The van der Waals surface area contributed by atoms with E-state index in [2.05, 4.69) is 158 Å². The lowest BCUT2D eigenvalue weighted by Gasteiger charge is -2.29. The Morgan fingerprint density at radius 1 is 0.574 bits per heavy atom. The quantitative estimate of drug-likeness (QED) is 0.178. The summed E-state index contributed by atoms with van der Waals surface area (Å²) < 4.78 is 2.65. The van der Waals surface area contributed by atoms with Gasteiger partial charge in [-0.05, 0) is 104 Å². The molecule has 224 valence electrons. The first-order valence-corrected chi connectivity index (χ1v) is 17.5. The largest absolute Gasteiger partial charge is 0.310 e. The van der Waals surface area contributed by atoms with E-state index in [1.54, 1.807) is 5.57 Å². The first kappa shape index (κ1) is 27.0. The SMILES string of the molecule is CC1(C)C2=C(C=CCC2)c2ccc(N(c3ccc4c(ccc5ccc6ccccc6c54)c3)c3ccc4c(c3)sc3ccccc34)cc21. The summed E-state index contributed by atoms with van der Waals surface area (Å²) in [5.74, 6) is 0. The second-order valence-corrected chi connectivity index (χ2v) is 14.7. The number of rotatable bonds is 3. The number of allylic oxidation sites excluding steroid dienone is 4. The molecule has 0 spiro atoms. The zero-order valence-corrected chi connectivity index (χ0v) is 27.4. The van der Waals surface area contributed by atoms with E-state index < -0.39 is 0 Å². The van der Waals surface area contributed by atoms with Gasteiger partial charge in [-0.25, -0.2) is 0 Å². The number of benzene rings is 7. The lowest BCUT2D eigenvalue weighted by molar-refractivity contribution is 0.607. The van der Waals surface area contributed by atoms with Gasteiger partial charge in [-0.1, -0.05) is 117 Å². The molecule has 0 aliphatic heterocycles. The summed E-state index contributed by atoms with van der Waals surface area (Å²) in [4.78, 5) is 2.47. The molecular weight excluding hydrogens is 587 g/mol. The second-order valence-electron chi connectivity index (χ2n) is 13.7. The number of thiophene rings is 1. The molecule has 2 aliphatic carbocycles. The minimum absolute atomic E-state index is 0.00982. The Hall–Kier alpha value is -5.18. The molecule has 0 saturated carbocycles. The van der Waals surface area contributed by atoms with Crippen LogP contribution in [0.25, 0.3) is 58.1 Å². The van der Waals surface area contributed by atoms with Crippen molar-refractivity contribution in [2.75, 3.05) is 4.90 Å². The van der Waals surface area contributed by atoms with Crippen LogP contribution in [0.2, 0.25) is 0 Å². The Morgan fingerprint density at radius 3 is 2.13 bits per heavy atom. The van der Waals surface area contributed by atoms with Crippen molar-refractivity contribution in [1.29, 1.82) is 0 Å². The summed E-state index contributed by atoms with van der Waals surface area (Å²) in [6, 6.07) is 47.8. The molecule has 47 heavy (non-hydrogen) atoms. The highest BCUT2D eigenvalue weighted by Gasteiger charge is 2.37. The molecule has 1 heterocycles. The van der Waals surface area contributed by atoms with Crippen molar-refractivity contribution >= 4 is 86.5 Å². The maximum absolute atomic E-state index is 2.47. The van der Waals surface area contributed by atoms with Gasteiger partial charge >= 0.3 is 0 Å². The van der Waals surface area contributed by atoms with E-state index in [4.69, 9.17) is 0 Å². The first-order chi connectivity index (χ1) is 23.0. The van der Waals surface area contributed by atoms with E-state index in [1.807, 2.05) is 11.3 Å². The first-order valence-electron chi connectivity index (χ1n) is 16.7. The van der Waals surface area contributed by atoms with Gasteiger partial charge in [-0.3, -0.25) is 0 Å². The second kappa shape index (κ2) is 9.91. The van der Waals surface area contributed by atoms with Crippen LogP contribution >= 0.6 is 11.3 Å². The molecule has 0 N–H and O–H groups in total. The molecule has 0 saturated heterocycles. The van der Waals surface area contributed by atoms with E-state index in [1.165, 1.54) is 86.3 Å². The third-order valence-corrected chi connectivity index (χ3v) is 11.9. The van der Waals surface area contributed by atoms with Crippen LogP contribution < -0.4 is 4.90 Å². The van der Waals surface area contributed by atoms with Crippen LogP contribution in [0.4, 0.5) is 17.1 Å². The summed E-state index contributed by atoms with van der Waals surface area (Å²) in [6.45, 7) is 4.83. The number of hydrogen-bond donors (Lipinski definition) is 0. The number of anilines is 3. The maximum atomic E-state index is 2.47. The highest BCUT2D eigenvalue weighted by molar-refractivity contribution is 7.25. The van der Waals surface area contributed by atoms with Gasteiger partial charge in [0.05, 0.1) is 0 Å². The molecule has 0 bridgehead atoms. The van der Waals surface area contributed by atoms with Crippen molar-refractivity contribution in [2.45, 2.75) is 32.1 Å². The van der Waals surface area contributed by atoms with Crippen LogP contribution in [0, 0.1) is 0 Å². The van der Waals surface area contributed by atoms with Crippen molar-refractivity contribution in [3.8, 4) is 0 Å². The molecule has 8 aromatic rings. The zero-order chi connectivity index (χ0) is 31.3. The van der Waals surface area contributed by atoms with Gasteiger partial charge < -0.3 is 4.90 Å². The molecular formula is C45H33NS. The fourth-order valence-corrected chi connectivity index (χ4v) is 9.55. The summed E-state index contributed by atoms with van der Waals surface area (Å²) in [5.41, 5.74) is 9.40. The Morgan fingerprint density at radius 2 is 1.23 bits per heavy atom. The summed E-state index contributed by atoms with van der Waals surface area (Å²) in [5, 5.41) is 10.4. The fraction of sp³-hybridized carbons (Fsp3) is 0.111. The number of nitrogens with zero attached hydrogens (tertiary/aromatic N) is 1. The molecule has 0 fully saturated rings. The number of fused-ring (bicyclic) bond motifs is 10. The summed E-state index contributed by atoms with van der Waals surface area (Å²) in [6.07, 6.45) is 6.97. The summed E-state index contributed by atoms with van der Waals surface area (Å²) in [7, 11) is 0. The smallest absolute Gasteiger partial charge is 0.0476 e. The fourth-order valence-electron chi connectivity index (χ4n) is 8.41. The molecule has 2 heteroatoms. The summed E-state index contributed by atoms with van der Waals surface area (Å²) >= 11 is 1.88. The van der Waals surface area contributed by atoms with Crippen LogP contribution in [-0.2, 0) is 5.41 Å². The van der Waals surface area contributed by atoms with Gasteiger partial charge in [0.25, 0.3) is 0 Å². The highest BCUT2D eigenvalue weighted by atomic mass is 32.1. The Bertz CT molecular complexity index is 2670. The van der Waals surface area contributed by atoms with Crippen LogP contribution in [0.15, 0.2) is 145 Å². The van der Waals surface area contributed by atoms with E-state index in [-0.39, 0.29) is 5.41 Å². The molecule has 1 nitrogen and oxygen atoms in total. The normalized spacial score (nSPS) is 15.3. The van der Waals surface area contributed by atoms with Crippen molar-refractivity contribution in [1.82, 2.24) is 0 Å². The maximum Gasteiger partial charge on any atom is 0.0476 e. The van der Waals surface area contributed by atoms with Gasteiger partial charge in [-0.15, -0.1) is 11.3 Å². The van der Waals surface area contributed by atoms with E-state index in [0.29, 0.717) is 0 Å². The van der Waals surface area contributed by atoms with Gasteiger partial charge in [0.15, 0.2) is 0 Å². The lowest BCUT2D eigenvalue weighted by atomic mass is 9.78. The van der Waals surface area contributed by atoms with E-state index in [0.717, 1.165) is 12.8 Å². The third-order valence-electron chi connectivity index (χ3n) is 10.7. The predicted molar refractivity (Wildman–Crippen MR) is 205 cm³/mol. The Kier molecular flexibility index (Phi) is 5.69. The molecule has 0 atom stereocenters. The van der Waals surface area contributed by atoms with Gasteiger partial charge in [0.1, 0.15) is 0 Å². The zero-order valence-electron chi connectivity index (χ0n) is 26.5. The van der Waals surface area contributed by atoms with Crippen molar-refractivity contribution in [2.24, 2.45) is 0 Å². The van der Waals surface area contributed by atoms with Crippen LogP contribution in [-0.4, -0.2) is 0 Å². The van der Waals surface area contributed by atoms with Crippen molar-refractivity contribution < 1.29 is 0 Å². The molecule has 0 amide bonds. The molecule has 10 rings (SSSR count). The minimum Gasteiger partial charge on any atom is -0.310 e. The van der Waals surface area contributed by atoms with Gasteiger partial charge in [-0.2, -0.15) is 0 Å². The third kappa shape index (κ3) is 3.95. The van der Waals surface area contributed by atoms with Crippen LogP contribution in [0.3, 0.4) is 0 Å². The molecule has 7 aromatic carbocycles. The van der Waals surface area contributed by atoms with E-state index >= 15 is 0 Å². The van der Waals surface area contributed by atoms with Crippen molar-refractivity contribution in [3.63, 3.8) is 0 Å². The Labute approximate surface area is 278 Å². The average molecular weight is 620 g/mol. The Balaban J connectivity index is 1.20.